The van der Waals surface area contributed by atoms with Gasteiger partial charge < -0.3 is 15.0 Å². The fourth-order valence-corrected chi connectivity index (χ4v) is 2.97. The predicted octanol–water partition coefficient (Wildman–Crippen LogP) is 2.15. The fraction of sp³-hybridized carbons (Fsp3) is 0.263. The van der Waals surface area contributed by atoms with Crippen LogP contribution in [0.1, 0.15) is 27.5 Å². The number of benzene rings is 2. The number of rotatable bonds is 6. The molecular formula is C19H20N2O3. The second-order valence-corrected chi connectivity index (χ2v) is 5.69. The van der Waals surface area contributed by atoms with E-state index in [2.05, 4.69) is 5.32 Å². The molecule has 1 atom stereocenters. The number of fused-ring (bicyclic) bond motifs is 1. The van der Waals surface area contributed by atoms with Gasteiger partial charge in [-0.25, -0.2) is 0 Å². The molecule has 1 aliphatic rings. The first-order chi connectivity index (χ1) is 11.7. The van der Waals surface area contributed by atoms with Crippen LogP contribution in [0.15, 0.2) is 54.6 Å². The van der Waals surface area contributed by atoms with E-state index in [9.17, 15) is 9.59 Å². The summed E-state index contributed by atoms with van der Waals surface area (Å²) in [5, 5.41) is 2.84. The van der Waals surface area contributed by atoms with E-state index in [-0.39, 0.29) is 11.8 Å². The topological polar surface area (TPSA) is 58.6 Å². The Kier molecular flexibility index (Phi) is 4.91. The normalized spacial score (nSPS) is 16.1. The first-order valence-corrected chi connectivity index (χ1v) is 7.93. The Hall–Kier alpha value is -2.66. The molecule has 0 fully saturated rings. The molecule has 0 saturated heterocycles. The highest BCUT2D eigenvalue weighted by molar-refractivity contribution is 6.04. The summed E-state index contributed by atoms with van der Waals surface area (Å²) in [5.41, 5.74) is 2.35. The van der Waals surface area contributed by atoms with Crippen LogP contribution in [0.4, 0.5) is 0 Å². The van der Waals surface area contributed by atoms with Crippen LogP contribution in [0, 0.1) is 0 Å². The molecule has 1 aliphatic heterocycles. The Morgan fingerprint density at radius 2 is 1.83 bits per heavy atom. The van der Waals surface area contributed by atoms with Crippen molar-refractivity contribution in [2.24, 2.45) is 0 Å². The van der Waals surface area contributed by atoms with Crippen molar-refractivity contribution in [3.63, 3.8) is 0 Å². The molecule has 3 rings (SSSR count). The average molecular weight is 324 g/mol. The Bertz CT molecular complexity index is 730. The molecule has 0 saturated carbocycles. The zero-order valence-electron chi connectivity index (χ0n) is 13.6. The number of carbonyl (C=O) groups excluding carboxylic acids is 2. The number of nitrogens with zero attached hydrogens (tertiary/aromatic N) is 1. The lowest BCUT2D eigenvalue weighted by molar-refractivity contribution is -0.125. The summed E-state index contributed by atoms with van der Waals surface area (Å²) >= 11 is 0. The number of hydrogen-bond acceptors (Lipinski definition) is 3. The maximum atomic E-state index is 12.8. The van der Waals surface area contributed by atoms with Crippen molar-refractivity contribution in [3.05, 3.63) is 71.3 Å². The van der Waals surface area contributed by atoms with Gasteiger partial charge in [0.05, 0.1) is 6.61 Å². The quantitative estimate of drug-likeness (QED) is 0.828. The number of carbonyl (C=O) groups is 2. The fourth-order valence-electron chi connectivity index (χ4n) is 2.97. The van der Waals surface area contributed by atoms with Gasteiger partial charge in [0.1, 0.15) is 6.04 Å². The number of amides is 2. The number of methoxy groups -OCH3 is 1. The maximum Gasteiger partial charge on any atom is 0.255 e. The van der Waals surface area contributed by atoms with Crippen LogP contribution in [0.5, 0.6) is 0 Å². The average Bonchev–Trinajstić information content (AvgIpc) is 2.89. The van der Waals surface area contributed by atoms with Crippen LogP contribution in [0.25, 0.3) is 0 Å². The smallest absolute Gasteiger partial charge is 0.255 e. The Morgan fingerprint density at radius 1 is 1.12 bits per heavy atom. The van der Waals surface area contributed by atoms with Crippen LogP contribution in [-0.4, -0.2) is 37.0 Å². The third-order valence-electron chi connectivity index (χ3n) is 4.11. The highest BCUT2D eigenvalue weighted by atomic mass is 16.5. The SMILES string of the molecule is COCCNC(=O)[C@H]1c2ccccc2C(=O)N1Cc1ccccc1. The summed E-state index contributed by atoms with van der Waals surface area (Å²) in [6.07, 6.45) is 0. The lowest BCUT2D eigenvalue weighted by atomic mass is 10.0. The van der Waals surface area contributed by atoms with Crippen molar-refractivity contribution in [2.75, 3.05) is 20.3 Å². The second kappa shape index (κ2) is 7.27. The molecule has 0 bridgehead atoms. The molecule has 0 aromatic heterocycles. The van der Waals surface area contributed by atoms with E-state index in [1.807, 2.05) is 48.5 Å². The zero-order valence-corrected chi connectivity index (χ0v) is 13.6. The van der Waals surface area contributed by atoms with Crippen LogP contribution >= 0.6 is 0 Å². The number of nitrogens with one attached hydrogen (secondary N) is 1. The zero-order chi connectivity index (χ0) is 16.9. The van der Waals surface area contributed by atoms with E-state index in [4.69, 9.17) is 4.74 Å². The highest BCUT2D eigenvalue weighted by Crippen LogP contribution is 2.34. The largest absolute Gasteiger partial charge is 0.383 e. The van der Waals surface area contributed by atoms with Gasteiger partial charge >= 0.3 is 0 Å². The van der Waals surface area contributed by atoms with Gasteiger partial charge in [-0.1, -0.05) is 48.5 Å². The summed E-state index contributed by atoms with van der Waals surface area (Å²) in [4.78, 5) is 27.1. The van der Waals surface area contributed by atoms with Crippen LogP contribution in [0.3, 0.4) is 0 Å². The van der Waals surface area contributed by atoms with Crippen molar-refractivity contribution >= 4 is 11.8 Å². The van der Waals surface area contributed by atoms with Gasteiger partial charge in [-0.2, -0.15) is 0 Å². The molecule has 1 heterocycles. The molecule has 124 valence electrons. The Labute approximate surface area is 141 Å². The molecule has 1 N–H and O–H groups in total. The van der Waals surface area contributed by atoms with E-state index in [0.29, 0.717) is 25.3 Å². The summed E-state index contributed by atoms with van der Waals surface area (Å²) in [6.45, 7) is 1.25. The second-order valence-electron chi connectivity index (χ2n) is 5.69. The molecule has 2 amide bonds. The van der Waals surface area contributed by atoms with E-state index < -0.39 is 6.04 Å². The summed E-state index contributed by atoms with van der Waals surface area (Å²) < 4.78 is 4.97. The van der Waals surface area contributed by atoms with Gasteiger partial charge in [0.15, 0.2) is 0 Å². The van der Waals surface area contributed by atoms with E-state index in [0.717, 1.165) is 11.1 Å². The Morgan fingerprint density at radius 3 is 2.58 bits per heavy atom. The van der Waals surface area contributed by atoms with Gasteiger partial charge in [-0.15, -0.1) is 0 Å². The molecule has 0 aliphatic carbocycles. The van der Waals surface area contributed by atoms with Crippen molar-refractivity contribution in [3.8, 4) is 0 Å². The maximum absolute atomic E-state index is 12.8. The molecule has 5 nitrogen and oxygen atoms in total. The van der Waals surface area contributed by atoms with Crippen LogP contribution in [0.2, 0.25) is 0 Å². The predicted molar refractivity (Wildman–Crippen MR) is 90.4 cm³/mol. The molecule has 2 aromatic carbocycles. The van der Waals surface area contributed by atoms with Crippen LogP contribution < -0.4 is 5.32 Å². The van der Waals surface area contributed by atoms with Gasteiger partial charge in [0.2, 0.25) is 5.91 Å². The summed E-state index contributed by atoms with van der Waals surface area (Å²) in [6, 6.07) is 16.4. The highest BCUT2D eigenvalue weighted by Gasteiger charge is 2.40. The molecule has 5 heteroatoms. The van der Waals surface area contributed by atoms with Gasteiger partial charge in [-0.05, 0) is 17.2 Å². The molecule has 2 aromatic rings. The monoisotopic (exact) mass is 324 g/mol. The van der Waals surface area contributed by atoms with Crippen LogP contribution in [-0.2, 0) is 16.1 Å². The lowest BCUT2D eigenvalue weighted by Gasteiger charge is -2.24. The van der Waals surface area contributed by atoms with Gasteiger partial charge in [0, 0.05) is 25.8 Å². The van der Waals surface area contributed by atoms with E-state index in [1.54, 1.807) is 18.1 Å². The van der Waals surface area contributed by atoms with Crippen molar-refractivity contribution in [1.82, 2.24) is 10.2 Å². The molecular weight excluding hydrogens is 304 g/mol. The van der Waals surface area contributed by atoms with E-state index >= 15 is 0 Å². The molecule has 0 unspecified atom stereocenters. The standard InChI is InChI=1S/C19H20N2O3/c1-24-12-11-20-18(22)17-15-9-5-6-10-16(15)19(23)21(17)13-14-7-3-2-4-8-14/h2-10,17H,11-13H2,1H3,(H,20,22)/t17-/m1/s1. The molecule has 0 spiro atoms. The first-order valence-electron chi connectivity index (χ1n) is 7.93. The summed E-state index contributed by atoms with van der Waals surface area (Å²) in [5.74, 6) is -0.289. The third kappa shape index (κ3) is 3.16. The van der Waals surface area contributed by atoms with Gasteiger partial charge in [0.25, 0.3) is 5.91 Å². The lowest BCUT2D eigenvalue weighted by Crippen LogP contribution is -2.39. The minimum Gasteiger partial charge on any atom is -0.383 e. The first kappa shape index (κ1) is 16.2. The minimum absolute atomic E-state index is 0.110. The van der Waals surface area contributed by atoms with E-state index in [1.165, 1.54) is 0 Å². The molecule has 24 heavy (non-hydrogen) atoms. The van der Waals surface area contributed by atoms with Crippen molar-refractivity contribution in [2.45, 2.75) is 12.6 Å². The number of ether oxygens (including phenoxy) is 1. The van der Waals surface area contributed by atoms with Crippen molar-refractivity contribution < 1.29 is 14.3 Å². The molecule has 0 radical (unpaired) electrons. The summed E-state index contributed by atoms with van der Waals surface area (Å²) in [7, 11) is 1.59. The van der Waals surface area contributed by atoms with Crippen molar-refractivity contribution in [1.29, 1.82) is 0 Å². The third-order valence-corrected chi connectivity index (χ3v) is 4.11. The minimum atomic E-state index is -0.606. The van der Waals surface area contributed by atoms with Gasteiger partial charge in [-0.3, -0.25) is 9.59 Å². The number of hydrogen-bond donors (Lipinski definition) is 1. The Balaban J connectivity index is 1.88.